The number of carbonyl (C=O) groups is 1. The van der Waals surface area contributed by atoms with Crippen LogP contribution in [0.5, 0.6) is 11.5 Å². The number of nitrogens with zero attached hydrogens (tertiary/aromatic N) is 1. The SMILES string of the molecule is CC[C@H](Oc1ccc(Cl)c(C)c1)C(=O)N(C)Cc1ccc(OC)cc1. The number of carbonyl (C=O) groups excluding carboxylic acids is 1. The Labute approximate surface area is 154 Å². The zero-order valence-corrected chi connectivity index (χ0v) is 15.8. The first-order valence-corrected chi connectivity index (χ1v) is 8.63. The van der Waals surface area contributed by atoms with E-state index in [0.717, 1.165) is 16.9 Å². The molecule has 0 aliphatic rings. The molecule has 1 amide bonds. The van der Waals surface area contributed by atoms with Gasteiger partial charge in [-0.05, 0) is 54.8 Å². The van der Waals surface area contributed by atoms with E-state index in [1.807, 2.05) is 44.2 Å². The molecule has 0 saturated heterocycles. The van der Waals surface area contributed by atoms with Crippen molar-refractivity contribution in [3.05, 3.63) is 58.6 Å². The summed E-state index contributed by atoms with van der Waals surface area (Å²) in [6.45, 7) is 4.36. The van der Waals surface area contributed by atoms with E-state index >= 15 is 0 Å². The van der Waals surface area contributed by atoms with Crippen molar-refractivity contribution in [2.45, 2.75) is 32.9 Å². The van der Waals surface area contributed by atoms with Crippen molar-refractivity contribution >= 4 is 17.5 Å². The Balaban J connectivity index is 2.02. The van der Waals surface area contributed by atoms with Gasteiger partial charge in [0.2, 0.25) is 0 Å². The van der Waals surface area contributed by atoms with Crippen LogP contribution in [-0.2, 0) is 11.3 Å². The highest BCUT2D eigenvalue weighted by atomic mass is 35.5. The molecule has 25 heavy (non-hydrogen) atoms. The zero-order valence-electron chi connectivity index (χ0n) is 15.1. The fourth-order valence-electron chi connectivity index (χ4n) is 2.49. The first kappa shape index (κ1) is 19.1. The molecule has 5 heteroatoms. The van der Waals surface area contributed by atoms with Gasteiger partial charge in [0, 0.05) is 18.6 Å². The highest BCUT2D eigenvalue weighted by molar-refractivity contribution is 6.31. The number of hydrogen-bond donors (Lipinski definition) is 0. The van der Waals surface area contributed by atoms with Crippen molar-refractivity contribution < 1.29 is 14.3 Å². The summed E-state index contributed by atoms with van der Waals surface area (Å²) in [6.07, 6.45) is 0.0665. The van der Waals surface area contributed by atoms with Crippen molar-refractivity contribution in [2.75, 3.05) is 14.2 Å². The molecule has 134 valence electrons. The van der Waals surface area contributed by atoms with E-state index in [0.29, 0.717) is 23.7 Å². The van der Waals surface area contributed by atoms with Crippen LogP contribution in [0.2, 0.25) is 5.02 Å². The molecule has 0 aliphatic heterocycles. The lowest BCUT2D eigenvalue weighted by molar-refractivity contribution is -0.138. The molecule has 0 heterocycles. The fourth-order valence-corrected chi connectivity index (χ4v) is 2.61. The van der Waals surface area contributed by atoms with Crippen LogP contribution in [0.25, 0.3) is 0 Å². The predicted molar refractivity (Wildman–Crippen MR) is 100 cm³/mol. The van der Waals surface area contributed by atoms with Gasteiger partial charge >= 0.3 is 0 Å². The summed E-state index contributed by atoms with van der Waals surface area (Å²) >= 11 is 6.04. The first-order valence-electron chi connectivity index (χ1n) is 8.25. The van der Waals surface area contributed by atoms with Gasteiger partial charge in [0.25, 0.3) is 5.91 Å². The van der Waals surface area contributed by atoms with E-state index in [4.69, 9.17) is 21.1 Å². The third-order valence-corrected chi connectivity index (χ3v) is 4.43. The van der Waals surface area contributed by atoms with Crippen molar-refractivity contribution in [3.8, 4) is 11.5 Å². The van der Waals surface area contributed by atoms with Crippen LogP contribution in [-0.4, -0.2) is 31.1 Å². The minimum Gasteiger partial charge on any atom is -0.497 e. The number of ether oxygens (including phenoxy) is 2. The van der Waals surface area contributed by atoms with Gasteiger partial charge in [-0.1, -0.05) is 30.7 Å². The van der Waals surface area contributed by atoms with Crippen LogP contribution >= 0.6 is 11.6 Å². The van der Waals surface area contributed by atoms with Crippen molar-refractivity contribution in [1.29, 1.82) is 0 Å². The molecule has 0 unspecified atom stereocenters. The second-order valence-corrected chi connectivity index (χ2v) is 6.38. The molecule has 4 nitrogen and oxygen atoms in total. The molecule has 2 aromatic rings. The van der Waals surface area contributed by atoms with Gasteiger partial charge in [-0.3, -0.25) is 4.79 Å². The number of hydrogen-bond acceptors (Lipinski definition) is 3. The van der Waals surface area contributed by atoms with E-state index in [9.17, 15) is 4.79 Å². The first-order chi connectivity index (χ1) is 11.9. The van der Waals surface area contributed by atoms with E-state index in [-0.39, 0.29) is 5.91 Å². The summed E-state index contributed by atoms with van der Waals surface area (Å²) in [4.78, 5) is 14.4. The van der Waals surface area contributed by atoms with Crippen molar-refractivity contribution in [3.63, 3.8) is 0 Å². The average molecular weight is 362 g/mol. The predicted octanol–water partition coefficient (Wildman–Crippen LogP) is 4.47. The van der Waals surface area contributed by atoms with Gasteiger partial charge in [-0.2, -0.15) is 0 Å². The van der Waals surface area contributed by atoms with Gasteiger partial charge in [-0.25, -0.2) is 0 Å². The maximum Gasteiger partial charge on any atom is 0.263 e. The second-order valence-electron chi connectivity index (χ2n) is 5.97. The maximum atomic E-state index is 12.7. The standard InChI is InChI=1S/C20H24ClNO3/c1-5-19(25-17-10-11-18(21)14(2)12-17)20(23)22(3)13-15-6-8-16(24-4)9-7-15/h6-12,19H,5,13H2,1-4H3/t19-/m0/s1. The van der Waals surface area contributed by atoms with E-state index < -0.39 is 6.10 Å². The lowest BCUT2D eigenvalue weighted by Gasteiger charge is -2.24. The molecule has 1 atom stereocenters. The highest BCUT2D eigenvalue weighted by Crippen LogP contribution is 2.23. The lowest BCUT2D eigenvalue weighted by Crippen LogP contribution is -2.39. The van der Waals surface area contributed by atoms with Crippen LogP contribution in [0, 0.1) is 6.92 Å². The maximum absolute atomic E-state index is 12.7. The Kier molecular flexibility index (Phi) is 6.71. The van der Waals surface area contributed by atoms with Crippen LogP contribution < -0.4 is 9.47 Å². The molecule has 0 aliphatic carbocycles. The molecule has 0 fully saturated rings. The Bertz CT molecular complexity index is 715. The van der Waals surface area contributed by atoms with Crippen LogP contribution in [0.1, 0.15) is 24.5 Å². The number of halogens is 1. The summed E-state index contributed by atoms with van der Waals surface area (Å²) in [5.74, 6) is 1.40. The Morgan fingerprint density at radius 3 is 2.36 bits per heavy atom. The van der Waals surface area contributed by atoms with Crippen molar-refractivity contribution in [1.82, 2.24) is 4.90 Å². The number of likely N-dealkylation sites (N-methyl/N-ethyl adjacent to an activating group) is 1. The molecule has 0 radical (unpaired) electrons. The number of aryl methyl sites for hydroxylation is 1. The van der Waals surface area contributed by atoms with E-state index in [1.165, 1.54) is 0 Å². The summed E-state index contributed by atoms with van der Waals surface area (Å²) in [6, 6.07) is 13.1. The minimum atomic E-state index is -0.524. The van der Waals surface area contributed by atoms with Gasteiger partial charge in [0.05, 0.1) is 7.11 Å². The average Bonchev–Trinajstić information content (AvgIpc) is 2.62. The van der Waals surface area contributed by atoms with Gasteiger partial charge in [0.1, 0.15) is 11.5 Å². The molecule has 2 rings (SSSR count). The third-order valence-electron chi connectivity index (χ3n) is 4.01. The Hall–Kier alpha value is -2.20. The fraction of sp³-hybridized carbons (Fsp3) is 0.350. The van der Waals surface area contributed by atoms with Crippen LogP contribution in [0.4, 0.5) is 0 Å². The zero-order chi connectivity index (χ0) is 18.4. The largest absolute Gasteiger partial charge is 0.497 e. The number of methoxy groups -OCH3 is 1. The van der Waals surface area contributed by atoms with Crippen LogP contribution in [0.3, 0.4) is 0 Å². The molecule has 0 aromatic heterocycles. The molecule has 0 spiro atoms. The summed E-state index contributed by atoms with van der Waals surface area (Å²) in [5, 5.41) is 0.684. The number of amides is 1. The van der Waals surface area contributed by atoms with Gasteiger partial charge < -0.3 is 14.4 Å². The van der Waals surface area contributed by atoms with Crippen molar-refractivity contribution in [2.24, 2.45) is 0 Å². The minimum absolute atomic E-state index is 0.0501. The quantitative estimate of drug-likeness (QED) is 0.730. The summed E-state index contributed by atoms with van der Waals surface area (Å²) in [7, 11) is 3.41. The molecular weight excluding hydrogens is 338 g/mol. The molecule has 0 bridgehead atoms. The molecule has 2 aromatic carbocycles. The third kappa shape index (κ3) is 5.13. The molecule has 0 N–H and O–H groups in total. The smallest absolute Gasteiger partial charge is 0.263 e. The normalized spacial score (nSPS) is 11.7. The van der Waals surface area contributed by atoms with Gasteiger partial charge in [-0.15, -0.1) is 0 Å². The van der Waals surface area contributed by atoms with Gasteiger partial charge in [0.15, 0.2) is 6.10 Å². The molecule has 0 saturated carbocycles. The Morgan fingerprint density at radius 1 is 1.16 bits per heavy atom. The lowest BCUT2D eigenvalue weighted by atomic mass is 10.2. The van der Waals surface area contributed by atoms with E-state index in [1.54, 1.807) is 31.2 Å². The highest BCUT2D eigenvalue weighted by Gasteiger charge is 2.22. The topological polar surface area (TPSA) is 38.8 Å². The second kappa shape index (κ2) is 8.77. The monoisotopic (exact) mass is 361 g/mol. The Morgan fingerprint density at radius 2 is 1.80 bits per heavy atom. The van der Waals surface area contributed by atoms with E-state index in [2.05, 4.69) is 0 Å². The number of benzene rings is 2. The number of rotatable bonds is 7. The molecular formula is C20H24ClNO3. The summed E-state index contributed by atoms with van der Waals surface area (Å²) in [5.41, 5.74) is 1.96. The van der Waals surface area contributed by atoms with Crippen LogP contribution in [0.15, 0.2) is 42.5 Å². The summed E-state index contributed by atoms with van der Waals surface area (Å²) < 4.78 is 11.0.